The van der Waals surface area contributed by atoms with Gasteiger partial charge in [-0.25, -0.2) is 4.68 Å². The summed E-state index contributed by atoms with van der Waals surface area (Å²) in [4.78, 5) is 30.2. The Kier molecular flexibility index (Phi) is 5.20. The predicted octanol–water partition coefficient (Wildman–Crippen LogP) is 4.30. The van der Waals surface area contributed by atoms with Crippen molar-refractivity contribution >= 4 is 11.8 Å². The molecule has 4 aliphatic carbocycles. The zero-order chi connectivity index (χ0) is 23.1. The van der Waals surface area contributed by atoms with Gasteiger partial charge in [0.05, 0.1) is 11.3 Å². The Balaban J connectivity index is 1.18. The maximum atomic E-state index is 13.2. The van der Waals surface area contributed by atoms with Gasteiger partial charge in [-0.3, -0.25) is 25.4 Å². The number of nitrogens with one attached hydrogen (secondary N) is 2. The van der Waals surface area contributed by atoms with Crippen LogP contribution in [0.4, 0.5) is 0 Å². The van der Waals surface area contributed by atoms with Crippen molar-refractivity contribution < 1.29 is 9.59 Å². The number of benzene rings is 1. The molecule has 0 radical (unpaired) electrons. The summed E-state index contributed by atoms with van der Waals surface area (Å²) in [6.07, 6.45) is 13.1. The van der Waals surface area contributed by atoms with Crippen LogP contribution in [-0.4, -0.2) is 26.6 Å². The Morgan fingerprint density at radius 2 is 1.65 bits per heavy atom. The highest BCUT2D eigenvalue weighted by atomic mass is 16.2. The lowest BCUT2D eigenvalue weighted by molar-refractivity contribution is -0.130. The van der Waals surface area contributed by atoms with E-state index in [0.29, 0.717) is 17.7 Å². The zero-order valence-corrected chi connectivity index (χ0v) is 19.1. The standard InChI is InChI=1S/C27H29N5O2/c33-24(15-27-12-18-9-19(13-27)11-20(10-18)14-27)29-30-26(34)23-17-32(22-6-2-1-3-7-22)31-25(23)21-5-4-8-28-16-21/h1-8,16-20H,9-15H2,(H,29,33)(H,30,34). The largest absolute Gasteiger partial charge is 0.273 e. The predicted molar refractivity (Wildman–Crippen MR) is 128 cm³/mol. The molecule has 2 N–H and O–H groups in total. The summed E-state index contributed by atoms with van der Waals surface area (Å²) in [5, 5.41) is 4.65. The molecule has 3 aromatic rings. The van der Waals surface area contributed by atoms with Crippen molar-refractivity contribution in [2.45, 2.75) is 44.9 Å². The maximum Gasteiger partial charge on any atom is 0.273 e. The molecule has 0 spiro atoms. The molecule has 0 aliphatic heterocycles. The van der Waals surface area contributed by atoms with Gasteiger partial charge < -0.3 is 0 Å². The van der Waals surface area contributed by atoms with Crippen molar-refractivity contribution in [1.29, 1.82) is 0 Å². The van der Waals surface area contributed by atoms with Crippen LogP contribution in [-0.2, 0) is 4.79 Å². The van der Waals surface area contributed by atoms with Gasteiger partial charge in [0.25, 0.3) is 5.91 Å². The van der Waals surface area contributed by atoms with Gasteiger partial charge in [-0.1, -0.05) is 18.2 Å². The monoisotopic (exact) mass is 455 g/mol. The van der Waals surface area contributed by atoms with Gasteiger partial charge in [-0.05, 0) is 86.0 Å². The lowest BCUT2D eigenvalue weighted by atomic mass is 9.49. The third-order valence-electron chi connectivity index (χ3n) is 7.93. The third kappa shape index (κ3) is 4.00. The summed E-state index contributed by atoms with van der Waals surface area (Å²) < 4.78 is 1.68. The smallest absolute Gasteiger partial charge is 0.273 e. The van der Waals surface area contributed by atoms with E-state index in [4.69, 9.17) is 0 Å². The molecule has 1 aromatic carbocycles. The second-order valence-corrected chi connectivity index (χ2v) is 10.5. The minimum Gasteiger partial charge on any atom is -0.273 e. The second kappa shape index (κ2) is 8.38. The van der Waals surface area contributed by atoms with Crippen LogP contribution in [0.15, 0.2) is 61.1 Å². The molecule has 7 rings (SSSR count). The topological polar surface area (TPSA) is 88.9 Å². The lowest BCUT2D eigenvalue weighted by Gasteiger charge is -2.56. The van der Waals surface area contributed by atoms with E-state index in [1.165, 1.54) is 19.3 Å². The van der Waals surface area contributed by atoms with Crippen molar-refractivity contribution in [2.75, 3.05) is 0 Å². The number of carbonyl (C=O) groups is 2. The summed E-state index contributed by atoms with van der Waals surface area (Å²) >= 11 is 0. The van der Waals surface area contributed by atoms with E-state index < -0.39 is 0 Å². The Hall–Kier alpha value is -3.48. The van der Waals surface area contributed by atoms with E-state index in [0.717, 1.165) is 48.3 Å². The van der Waals surface area contributed by atoms with E-state index in [9.17, 15) is 9.59 Å². The molecule has 2 aromatic heterocycles. The number of hydrogen-bond acceptors (Lipinski definition) is 4. The molecule has 0 unspecified atom stereocenters. The Labute approximate surface area is 198 Å². The van der Waals surface area contributed by atoms with Crippen LogP contribution in [0.25, 0.3) is 16.9 Å². The average molecular weight is 456 g/mol. The van der Waals surface area contributed by atoms with Crippen molar-refractivity contribution in [3.05, 3.63) is 66.6 Å². The molecule has 174 valence electrons. The summed E-state index contributed by atoms with van der Waals surface area (Å²) in [5.74, 6) is 1.88. The highest BCUT2D eigenvalue weighted by Gasteiger charge is 2.51. The molecule has 0 atom stereocenters. The summed E-state index contributed by atoms with van der Waals surface area (Å²) in [6, 6.07) is 13.3. The molecule has 34 heavy (non-hydrogen) atoms. The second-order valence-electron chi connectivity index (χ2n) is 10.5. The molecule has 0 saturated heterocycles. The normalized spacial score (nSPS) is 26.9. The molecule has 7 heteroatoms. The fourth-order valence-corrected chi connectivity index (χ4v) is 7.05. The Morgan fingerprint density at radius 1 is 0.941 bits per heavy atom. The summed E-state index contributed by atoms with van der Waals surface area (Å²) in [7, 11) is 0. The summed E-state index contributed by atoms with van der Waals surface area (Å²) in [6.45, 7) is 0. The molecule has 4 bridgehead atoms. The van der Waals surface area contributed by atoms with Crippen molar-refractivity contribution in [3.8, 4) is 16.9 Å². The van der Waals surface area contributed by atoms with Gasteiger partial charge in [0.2, 0.25) is 5.91 Å². The number of para-hydroxylation sites is 1. The van der Waals surface area contributed by atoms with Gasteiger partial charge in [0.1, 0.15) is 5.69 Å². The lowest BCUT2D eigenvalue weighted by Crippen LogP contribution is -2.50. The van der Waals surface area contributed by atoms with Gasteiger partial charge in [0, 0.05) is 30.6 Å². The van der Waals surface area contributed by atoms with Crippen LogP contribution < -0.4 is 10.9 Å². The number of hydrogen-bond donors (Lipinski definition) is 2. The number of pyridine rings is 1. The highest BCUT2D eigenvalue weighted by Crippen LogP contribution is 2.61. The van der Waals surface area contributed by atoms with Crippen molar-refractivity contribution in [3.63, 3.8) is 0 Å². The van der Waals surface area contributed by atoms with E-state index in [-0.39, 0.29) is 17.2 Å². The molecule has 2 heterocycles. The van der Waals surface area contributed by atoms with Crippen LogP contribution in [0.1, 0.15) is 55.3 Å². The number of nitrogens with zero attached hydrogens (tertiary/aromatic N) is 3. The number of amides is 2. The van der Waals surface area contributed by atoms with E-state index in [1.807, 2.05) is 42.5 Å². The van der Waals surface area contributed by atoms with Crippen molar-refractivity contribution in [1.82, 2.24) is 25.6 Å². The first kappa shape index (κ1) is 21.1. The summed E-state index contributed by atoms with van der Waals surface area (Å²) in [5.41, 5.74) is 7.95. The van der Waals surface area contributed by atoms with Crippen LogP contribution in [0.2, 0.25) is 0 Å². The van der Waals surface area contributed by atoms with E-state index in [1.54, 1.807) is 23.3 Å². The van der Waals surface area contributed by atoms with Crippen LogP contribution in [0.3, 0.4) is 0 Å². The zero-order valence-electron chi connectivity index (χ0n) is 19.1. The number of aromatic nitrogens is 3. The van der Waals surface area contributed by atoms with Crippen LogP contribution >= 0.6 is 0 Å². The number of hydrazine groups is 1. The first-order valence-electron chi connectivity index (χ1n) is 12.2. The minimum absolute atomic E-state index is 0.103. The highest BCUT2D eigenvalue weighted by molar-refractivity contribution is 6.00. The van der Waals surface area contributed by atoms with Gasteiger partial charge in [-0.15, -0.1) is 0 Å². The fourth-order valence-electron chi connectivity index (χ4n) is 7.05. The number of carbonyl (C=O) groups excluding carboxylic acids is 2. The molecular weight excluding hydrogens is 426 g/mol. The van der Waals surface area contributed by atoms with Gasteiger partial charge in [0.15, 0.2) is 0 Å². The maximum absolute atomic E-state index is 13.2. The average Bonchev–Trinajstić information content (AvgIpc) is 3.28. The van der Waals surface area contributed by atoms with Crippen LogP contribution in [0.5, 0.6) is 0 Å². The van der Waals surface area contributed by atoms with E-state index in [2.05, 4.69) is 20.9 Å². The third-order valence-corrected chi connectivity index (χ3v) is 7.93. The quantitative estimate of drug-likeness (QED) is 0.562. The molecule has 4 fully saturated rings. The molecular formula is C27H29N5O2. The number of rotatable bonds is 5. The van der Waals surface area contributed by atoms with Gasteiger partial charge in [-0.2, -0.15) is 5.10 Å². The van der Waals surface area contributed by atoms with Crippen LogP contribution in [0, 0.1) is 23.2 Å². The molecule has 4 aliphatic rings. The fraction of sp³-hybridized carbons (Fsp3) is 0.407. The van der Waals surface area contributed by atoms with E-state index >= 15 is 0 Å². The molecule has 2 amide bonds. The first-order valence-corrected chi connectivity index (χ1v) is 12.2. The molecule has 4 saturated carbocycles. The SMILES string of the molecule is O=C(CC12CC3CC(CC(C3)C1)C2)NNC(=O)c1cn(-c2ccccc2)nc1-c1cccnc1. The molecule has 7 nitrogen and oxygen atoms in total. The first-order chi connectivity index (χ1) is 16.6. The Morgan fingerprint density at radius 3 is 2.29 bits per heavy atom. The minimum atomic E-state index is -0.389. The Bertz CT molecular complexity index is 1170. The van der Waals surface area contributed by atoms with Crippen molar-refractivity contribution in [2.24, 2.45) is 23.2 Å². The van der Waals surface area contributed by atoms with Gasteiger partial charge >= 0.3 is 0 Å².